The van der Waals surface area contributed by atoms with E-state index in [1.807, 2.05) is 30.3 Å². The van der Waals surface area contributed by atoms with Gasteiger partial charge in [-0.15, -0.1) is 0 Å². The maximum absolute atomic E-state index is 12.5. The molecule has 0 spiro atoms. The van der Waals surface area contributed by atoms with Crippen molar-refractivity contribution in [2.45, 2.75) is 13.0 Å². The molecule has 0 radical (unpaired) electrons. The van der Waals surface area contributed by atoms with Gasteiger partial charge in [0.05, 0.1) is 12.1 Å². The number of para-hydroxylation sites is 1. The quantitative estimate of drug-likeness (QED) is 0.801. The Balaban J connectivity index is 1.84. The van der Waals surface area contributed by atoms with E-state index in [4.69, 9.17) is 4.74 Å². The molecule has 1 fully saturated rings. The second kappa shape index (κ2) is 5.69. The summed E-state index contributed by atoms with van der Waals surface area (Å²) in [5.41, 5.74) is 1.54. The van der Waals surface area contributed by atoms with Gasteiger partial charge in [0, 0.05) is 30.2 Å². The second-order valence-corrected chi connectivity index (χ2v) is 5.03. The van der Waals surface area contributed by atoms with Crippen LogP contribution < -0.4 is 0 Å². The fourth-order valence-electron chi connectivity index (χ4n) is 2.54. The number of aromatic nitrogens is 1. The van der Waals surface area contributed by atoms with Gasteiger partial charge in [-0.3, -0.25) is 14.7 Å². The van der Waals surface area contributed by atoms with Gasteiger partial charge in [0.15, 0.2) is 5.78 Å². The number of Topliss-reactive ketones (excluding diaryl/α,β-unsaturated/α-hetero) is 1. The molecule has 0 N–H and O–H groups in total. The smallest absolute Gasteiger partial charge is 0.194 e. The minimum Gasteiger partial charge on any atom is -0.367 e. The molecule has 0 saturated carbocycles. The molecule has 0 bridgehead atoms. The lowest BCUT2D eigenvalue weighted by atomic mass is 10.0. The van der Waals surface area contributed by atoms with Crippen molar-refractivity contribution in [1.82, 2.24) is 9.88 Å². The van der Waals surface area contributed by atoms with Crippen molar-refractivity contribution in [2.75, 3.05) is 26.2 Å². The number of hydrogen-bond donors (Lipinski definition) is 0. The fourth-order valence-corrected chi connectivity index (χ4v) is 2.54. The summed E-state index contributed by atoms with van der Waals surface area (Å²) >= 11 is 0. The third kappa shape index (κ3) is 2.57. The van der Waals surface area contributed by atoms with Crippen LogP contribution in [0.4, 0.5) is 0 Å². The molecule has 3 rings (SSSR count). The van der Waals surface area contributed by atoms with E-state index in [1.165, 1.54) is 0 Å². The Morgan fingerprint density at radius 1 is 1.45 bits per heavy atom. The van der Waals surface area contributed by atoms with Crippen molar-refractivity contribution >= 4 is 16.7 Å². The van der Waals surface area contributed by atoms with Crippen molar-refractivity contribution in [3.63, 3.8) is 0 Å². The van der Waals surface area contributed by atoms with Crippen LogP contribution in [0.25, 0.3) is 10.9 Å². The van der Waals surface area contributed by atoms with Gasteiger partial charge < -0.3 is 4.74 Å². The average molecular weight is 270 g/mol. The molecule has 4 nitrogen and oxygen atoms in total. The SMILES string of the molecule is CCN1CCOC(C(=O)c2cnc3ccccc3c2)C1. The summed E-state index contributed by atoms with van der Waals surface area (Å²) in [7, 11) is 0. The number of benzene rings is 1. The molecule has 1 aromatic heterocycles. The fraction of sp³-hybridized carbons (Fsp3) is 0.375. The topological polar surface area (TPSA) is 42.4 Å². The minimum atomic E-state index is -0.369. The van der Waals surface area contributed by atoms with Gasteiger partial charge in [0.1, 0.15) is 6.10 Å². The van der Waals surface area contributed by atoms with E-state index in [9.17, 15) is 4.79 Å². The Kier molecular flexibility index (Phi) is 3.76. The average Bonchev–Trinajstić information content (AvgIpc) is 2.53. The van der Waals surface area contributed by atoms with E-state index in [0.717, 1.165) is 24.0 Å². The molecule has 1 atom stereocenters. The highest BCUT2D eigenvalue weighted by atomic mass is 16.5. The highest BCUT2D eigenvalue weighted by Gasteiger charge is 2.27. The van der Waals surface area contributed by atoms with Crippen molar-refractivity contribution in [3.8, 4) is 0 Å². The normalized spacial score (nSPS) is 20.1. The lowest BCUT2D eigenvalue weighted by molar-refractivity contribution is -0.0148. The first-order chi connectivity index (χ1) is 9.78. The molecule has 0 amide bonds. The molecule has 2 aromatic rings. The summed E-state index contributed by atoms with van der Waals surface area (Å²) in [6, 6.07) is 9.71. The van der Waals surface area contributed by atoms with E-state index >= 15 is 0 Å². The first-order valence-electron chi connectivity index (χ1n) is 7.01. The van der Waals surface area contributed by atoms with Crippen molar-refractivity contribution in [2.24, 2.45) is 0 Å². The largest absolute Gasteiger partial charge is 0.367 e. The van der Waals surface area contributed by atoms with E-state index < -0.39 is 0 Å². The number of nitrogens with zero attached hydrogens (tertiary/aromatic N) is 2. The third-order valence-corrected chi connectivity index (χ3v) is 3.77. The lowest BCUT2D eigenvalue weighted by Crippen LogP contribution is -2.45. The predicted octanol–water partition coefficient (Wildman–Crippen LogP) is 2.14. The second-order valence-electron chi connectivity index (χ2n) is 5.03. The monoisotopic (exact) mass is 270 g/mol. The van der Waals surface area contributed by atoms with Crippen LogP contribution in [-0.2, 0) is 4.74 Å². The molecule has 2 heterocycles. The zero-order chi connectivity index (χ0) is 13.9. The van der Waals surface area contributed by atoms with Crippen LogP contribution in [0.1, 0.15) is 17.3 Å². The Bertz CT molecular complexity index is 627. The number of morpholine rings is 1. The number of likely N-dealkylation sites (N-methyl/N-ethyl adjacent to an activating group) is 1. The number of carbonyl (C=O) groups is 1. The molecular weight excluding hydrogens is 252 g/mol. The van der Waals surface area contributed by atoms with Gasteiger partial charge in [-0.1, -0.05) is 25.1 Å². The number of rotatable bonds is 3. The number of carbonyl (C=O) groups excluding carboxylic acids is 1. The summed E-state index contributed by atoms with van der Waals surface area (Å²) in [5.74, 6) is 0.0291. The zero-order valence-electron chi connectivity index (χ0n) is 11.6. The van der Waals surface area contributed by atoms with E-state index in [2.05, 4.69) is 16.8 Å². The summed E-state index contributed by atoms with van der Waals surface area (Å²) in [4.78, 5) is 19.1. The Morgan fingerprint density at radius 2 is 2.30 bits per heavy atom. The molecule has 4 heteroatoms. The number of ketones is 1. The Morgan fingerprint density at radius 3 is 3.15 bits per heavy atom. The van der Waals surface area contributed by atoms with Gasteiger partial charge in [-0.05, 0) is 18.7 Å². The van der Waals surface area contributed by atoms with Crippen LogP contribution in [0.5, 0.6) is 0 Å². The van der Waals surface area contributed by atoms with Gasteiger partial charge in [0.2, 0.25) is 0 Å². The van der Waals surface area contributed by atoms with E-state index in [0.29, 0.717) is 18.7 Å². The van der Waals surface area contributed by atoms with Crippen LogP contribution in [0, 0.1) is 0 Å². The summed E-state index contributed by atoms with van der Waals surface area (Å²) in [5, 5.41) is 0.988. The van der Waals surface area contributed by atoms with Crippen LogP contribution in [0.2, 0.25) is 0 Å². The van der Waals surface area contributed by atoms with Crippen LogP contribution in [-0.4, -0.2) is 48.0 Å². The third-order valence-electron chi connectivity index (χ3n) is 3.77. The Labute approximate surface area is 118 Å². The van der Waals surface area contributed by atoms with Crippen LogP contribution >= 0.6 is 0 Å². The molecule has 20 heavy (non-hydrogen) atoms. The van der Waals surface area contributed by atoms with Crippen molar-refractivity contribution in [3.05, 3.63) is 42.1 Å². The van der Waals surface area contributed by atoms with E-state index in [-0.39, 0.29) is 11.9 Å². The molecule has 1 saturated heterocycles. The minimum absolute atomic E-state index is 0.0291. The summed E-state index contributed by atoms with van der Waals surface area (Å²) < 4.78 is 5.62. The summed E-state index contributed by atoms with van der Waals surface area (Å²) in [6.07, 6.45) is 1.28. The molecular formula is C16H18N2O2. The molecule has 0 aliphatic carbocycles. The zero-order valence-corrected chi connectivity index (χ0v) is 11.6. The molecule has 1 aliphatic heterocycles. The molecule has 1 aromatic carbocycles. The first kappa shape index (κ1) is 13.2. The lowest BCUT2D eigenvalue weighted by Gasteiger charge is -2.31. The number of hydrogen-bond acceptors (Lipinski definition) is 4. The number of pyridine rings is 1. The Hall–Kier alpha value is -1.78. The molecule has 104 valence electrons. The van der Waals surface area contributed by atoms with Crippen LogP contribution in [0.15, 0.2) is 36.5 Å². The van der Waals surface area contributed by atoms with Crippen molar-refractivity contribution < 1.29 is 9.53 Å². The highest BCUT2D eigenvalue weighted by Crippen LogP contribution is 2.16. The maximum Gasteiger partial charge on any atom is 0.194 e. The molecule has 1 unspecified atom stereocenters. The molecule has 1 aliphatic rings. The summed E-state index contributed by atoms with van der Waals surface area (Å²) in [6.45, 7) is 5.23. The van der Waals surface area contributed by atoms with Gasteiger partial charge in [-0.25, -0.2) is 0 Å². The van der Waals surface area contributed by atoms with Gasteiger partial charge in [-0.2, -0.15) is 0 Å². The van der Waals surface area contributed by atoms with Gasteiger partial charge in [0.25, 0.3) is 0 Å². The standard InChI is InChI=1S/C16H18N2O2/c1-2-18-7-8-20-15(11-18)16(19)13-9-12-5-3-4-6-14(12)17-10-13/h3-6,9-10,15H,2,7-8,11H2,1H3. The highest BCUT2D eigenvalue weighted by molar-refractivity contribution is 6.01. The first-order valence-corrected chi connectivity index (χ1v) is 7.01. The number of fused-ring (bicyclic) bond motifs is 1. The van der Waals surface area contributed by atoms with Crippen LogP contribution in [0.3, 0.4) is 0 Å². The van der Waals surface area contributed by atoms with E-state index in [1.54, 1.807) is 6.20 Å². The van der Waals surface area contributed by atoms with Gasteiger partial charge >= 0.3 is 0 Å². The van der Waals surface area contributed by atoms with Crippen molar-refractivity contribution in [1.29, 1.82) is 0 Å². The number of ether oxygens (including phenoxy) is 1. The predicted molar refractivity (Wildman–Crippen MR) is 77.9 cm³/mol. The maximum atomic E-state index is 12.5.